The molecular weight excluding hydrogens is 132 g/mol. The van der Waals surface area contributed by atoms with Gasteiger partial charge >= 0.3 is 0 Å². The van der Waals surface area contributed by atoms with Crippen LogP contribution in [0.1, 0.15) is 20.8 Å². The van der Waals surface area contributed by atoms with Gasteiger partial charge in [0.25, 0.3) is 0 Å². The van der Waals surface area contributed by atoms with Crippen molar-refractivity contribution in [2.45, 2.75) is 20.8 Å². The topological polar surface area (TPSA) is 0 Å². The molecule has 0 fully saturated rings. The Labute approximate surface area is 69.6 Å². The lowest BCUT2D eigenvalue weighted by Crippen LogP contribution is -1.78. The Morgan fingerprint density at radius 1 is 1.00 bits per heavy atom. The van der Waals surface area contributed by atoms with E-state index in [1.54, 1.807) is 0 Å². The minimum atomic E-state index is 1.06. The predicted octanol–water partition coefficient (Wildman–Crippen LogP) is 3.64. The van der Waals surface area contributed by atoms with Gasteiger partial charge in [-0.05, 0) is 31.9 Å². The second kappa shape index (κ2) is 5.72. The predicted molar refractivity (Wildman–Crippen MR) is 52.5 cm³/mol. The monoisotopic (exact) mass is 148 g/mol. The molecule has 0 heterocycles. The molecule has 0 amide bonds. The van der Waals surface area contributed by atoms with E-state index in [9.17, 15) is 0 Å². The summed E-state index contributed by atoms with van der Waals surface area (Å²) in [4.78, 5) is 0. The van der Waals surface area contributed by atoms with Gasteiger partial charge in [-0.1, -0.05) is 37.0 Å². The van der Waals surface area contributed by atoms with Gasteiger partial charge in [-0.15, -0.1) is 0 Å². The molecule has 0 aromatic rings. The van der Waals surface area contributed by atoms with Gasteiger partial charge < -0.3 is 0 Å². The quantitative estimate of drug-likeness (QED) is 0.536. The normalized spacial score (nSPS) is 13.2. The second-order valence-electron chi connectivity index (χ2n) is 2.27. The lowest BCUT2D eigenvalue weighted by Gasteiger charge is -1.98. The van der Waals surface area contributed by atoms with Gasteiger partial charge in [-0.3, -0.25) is 0 Å². The maximum absolute atomic E-state index is 3.93. The average Bonchev–Trinajstić information content (AvgIpc) is 2.00. The first kappa shape index (κ1) is 9.96. The highest BCUT2D eigenvalue weighted by Gasteiger charge is 1.90. The van der Waals surface area contributed by atoms with Crippen LogP contribution in [0.3, 0.4) is 0 Å². The third-order valence-corrected chi connectivity index (χ3v) is 1.40. The van der Waals surface area contributed by atoms with Crippen LogP contribution in [0, 0.1) is 0 Å². The summed E-state index contributed by atoms with van der Waals surface area (Å²) in [7, 11) is 0. The summed E-state index contributed by atoms with van der Waals surface area (Å²) in [5, 5.41) is 0. The molecule has 60 valence electrons. The lowest BCUT2D eigenvalue weighted by atomic mass is 10.1. The Kier molecular flexibility index (Phi) is 5.18. The Balaban J connectivity index is 4.41. The van der Waals surface area contributed by atoms with E-state index in [0.29, 0.717) is 0 Å². The maximum Gasteiger partial charge on any atom is -0.0236 e. The first-order valence-electron chi connectivity index (χ1n) is 3.87. The van der Waals surface area contributed by atoms with Crippen molar-refractivity contribution in [3.05, 3.63) is 48.1 Å². The van der Waals surface area contributed by atoms with Crippen molar-refractivity contribution in [3.8, 4) is 0 Å². The molecule has 0 nitrogen and oxygen atoms in total. The van der Waals surface area contributed by atoms with E-state index in [-0.39, 0.29) is 0 Å². The average molecular weight is 148 g/mol. The molecule has 0 atom stereocenters. The smallest absolute Gasteiger partial charge is 0.0236 e. The molecule has 0 aliphatic heterocycles. The zero-order valence-electron chi connectivity index (χ0n) is 7.59. The Bertz CT molecular complexity index is 202. The van der Waals surface area contributed by atoms with Crippen LogP contribution in [0.5, 0.6) is 0 Å². The van der Waals surface area contributed by atoms with Gasteiger partial charge in [0.1, 0.15) is 0 Å². The third-order valence-electron chi connectivity index (χ3n) is 1.40. The molecule has 0 unspecified atom stereocenters. The maximum atomic E-state index is 3.93. The van der Waals surface area contributed by atoms with Crippen LogP contribution in [0.15, 0.2) is 48.1 Å². The van der Waals surface area contributed by atoms with Crippen LogP contribution in [-0.2, 0) is 0 Å². The Hall–Kier alpha value is -1.04. The fourth-order valence-corrected chi connectivity index (χ4v) is 0.866. The van der Waals surface area contributed by atoms with Gasteiger partial charge in [0.05, 0.1) is 0 Å². The van der Waals surface area contributed by atoms with E-state index in [1.165, 1.54) is 5.57 Å². The van der Waals surface area contributed by atoms with E-state index in [4.69, 9.17) is 0 Å². The number of allylic oxidation sites excluding steroid dienone is 7. The summed E-state index contributed by atoms with van der Waals surface area (Å²) >= 11 is 0. The van der Waals surface area contributed by atoms with E-state index < -0.39 is 0 Å². The van der Waals surface area contributed by atoms with Gasteiger partial charge in [-0.25, -0.2) is 0 Å². The minimum Gasteiger partial charge on any atom is -0.0912 e. The van der Waals surface area contributed by atoms with Gasteiger partial charge in [0, 0.05) is 0 Å². The van der Waals surface area contributed by atoms with E-state index >= 15 is 0 Å². The van der Waals surface area contributed by atoms with Crippen molar-refractivity contribution >= 4 is 0 Å². The molecule has 11 heavy (non-hydrogen) atoms. The first-order valence-corrected chi connectivity index (χ1v) is 3.87. The SMILES string of the molecule is C=C(C=CC)C(C=CC)=CC. The van der Waals surface area contributed by atoms with Gasteiger partial charge in [0.15, 0.2) is 0 Å². The molecule has 0 bridgehead atoms. The van der Waals surface area contributed by atoms with Crippen molar-refractivity contribution < 1.29 is 0 Å². The van der Waals surface area contributed by atoms with E-state index in [0.717, 1.165) is 5.57 Å². The number of rotatable bonds is 3. The summed E-state index contributed by atoms with van der Waals surface area (Å²) in [6.07, 6.45) is 10.1. The zero-order chi connectivity index (χ0) is 8.69. The highest BCUT2D eigenvalue weighted by molar-refractivity contribution is 5.43. The van der Waals surface area contributed by atoms with Crippen LogP contribution < -0.4 is 0 Å². The fourth-order valence-electron chi connectivity index (χ4n) is 0.866. The molecule has 0 N–H and O–H groups in total. The molecule has 0 aliphatic carbocycles. The molecule has 0 saturated heterocycles. The molecule has 0 aliphatic rings. The zero-order valence-corrected chi connectivity index (χ0v) is 7.59. The first-order chi connectivity index (χ1) is 5.26. The molecule has 0 heteroatoms. The molecule has 0 spiro atoms. The van der Waals surface area contributed by atoms with Crippen LogP contribution in [-0.4, -0.2) is 0 Å². The Morgan fingerprint density at radius 3 is 1.91 bits per heavy atom. The summed E-state index contributed by atoms with van der Waals surface area (Å²) < 4.78 is 0. The molecule has 0 rings (SSSR count). The standard InChI is InChI=1S/C11H16/c1-5-8-10(4)11(7-3)9-6-2/h5-9H,4H2,1-3H3. The van der Waals surface area contributed by atoms with Gasteiger partial charge in [-0.2, -0.15) is 0 Å². The van der Waals surface area contributed by atoms with Crippen LogP contribution in [0.4, 0.5) is 0 Å². The summed E-state index contributed by atoms with van der Waals surface area (Å²) in [5.41, 5.74) is 2.25. The third kappa shape index (κ3) is 3.61. The molecule has 0 saturated carbocycles. The Morgan fingerprint density at radius 2 is 1.55 bits per heavy atom. The van der Waals surface area contributed by atoms with Crippen LogP contribution in [0.2, 0.25) is 0 Å². The van der Waals surface area contributed by atoms with Crippen LogP contribution in [0.25, 0.3) is 0 Å². The highest BCUT2D eigenvalue weighted by atomic mass is 14.0. The number of hydrogen-bond donors (Lipinski definition) is 0. The van der Waals surface area contributed by atoms with Crippen molar-refractivity contribution in [2.24, 2.45) is 0 Å². The van der Waals surface area contributed by atoms with Gasteiger partial charge in [0.2, 0.25) is 0 Å². The molecular formula is C11H16. The van der Waals surface area contributed by atoms with Crippen molar-refractivity contribution in [1.29, 1.82) is 0 Å². The highest BCUT2D eigenvalue weighted by Crippen LogP contribution is 2.10. The summed E-state index contributed by atoms with van der Waals surface area (Å²) in [5.74, 6) is 0. The van der Waals surface area contributed by atoms with Crippen molar-refractivity contribution in [2.75, 3.05) is 0 Å². The largest absolute Gasteiger partial charge is 0.0912 e. The van der Waals surface area contributed by atoms with E-state index in [2.05, 4.69) is 18.7 Å². The minimum absolute atomic E-state index is 1.06. The summed E-state index contributed by atoms with van der Waals surface area (Å²) in [6, 6.07) is 0. The second-order valence-corrected chi connectivity index (χ2v) is 2.27. The number of hydrogen-bond acceptors (Lipinski definition) is 0. The van der Waals surface area contributed by atoms with Crippen molar-refractivity contribution in [3.63, 3.8) is 0 Å². The fraction of sp³-hybridized carbons (Fsp3) is 0.273. The molecule has 0 aromatic carbocycles. The summed E-state index contributed by atoms with van der Waals surface area (Å²) in [6.45, 7) is 9.95. The molecule has 0 radical (unpaired) electrons. The van der Waals surface area contributed by atoms with Crippen LogP contribution >= 0.6 is 0 Å². The van der Waals surface area contributed by atoms with Crippen molar-refractivity contribution in [1.82, 2.24) is 0 Å². The lowest BCUT2D eigenvalue weighted by molar-refractivity contribution is 1.49. The molecule has 0 aromatic heterocycles. The van der Waals surface area contributed by atoms with E-state index in [1.807, 2.05) is 39.0 Å².